The van der Waals surface area contributed by atoms with Crippen molar-refractivity contribution in [2.75, 3.05) is 7.11 Å². The molecule has 90 valence electrons. The van der Waals surface area contributed by atoms with Crippen molar-refractivity contribution < 1.29 is 13.2 Å². The fourth-order valence-corrected chi connectivity index (χ4v) is 3.39. The maximum Gasteiger partial charge on any atom is 0.206 e. The van der Waals surface area contributed by atoms with E-state index in [-0.39, 0.29) is 4.90 Å². The van der Waals surface area contributed by atoms with E-state index in [0.29, 0.717) is 16.2 Å². The number of allylic oxidation sites excluding steroid dienone is 2. The van der Waals surface area contributed by atoms with Gasteiger partial charge in [-0.3, -0.25) is 0 Å². The predicted octanol–water partition coefficient (Wildman–Crippen LogP) is 2.70. The highest BCUT2D eigenvalue weighted by Crippen LogP contribution is 2.32. The topological polar surface area (TPSA) is 43.4 Å². The molecule has 0 radical (unpaired) electrons. The van der Waals surface area contributed by atoms with Gasteiger partial charge >= 0.3 is 0 Å². The van der Waals surface area contributed by atoms with Crippen molar-refractivity contribution in [1.29, 1.82) is 0 Å². The lowest BCUT2D eigenvalue weighted by Gasteiger charge is -2.07. The molecule has 0 saturated heterocycles. The lowest BCUT2D eigenvalue weighted by Crippen LogP contribution is -2.04. The molecule has 1 aliphatic carbocycles. The first-order chi connectivity index (χ1) is 8.05. The van der Waals surface area contributed by atoms with Crippen LogP contribution in [0, 0.1) is 0 Å². The average molecular weight is 250 g/mol. The molecule has 0 saturated carbocycles. The average Bonchev–Trinajstić information content (AvgIpc) is 2.76. The van der Waals surface area contributed by atoms with E-state index in [0.717, 1.165) is 12.8 Å². The van der Waals surface area contributed by atoms with Crippen LogP contribution in [0.2, 0.25) is 0 Å². The normalized spacial score (nSPS) is 15.8. The summed E-state index contributed by atoms with van der Waals surface area (Å²) in [6, 6.07) is 6.40. The maximum absolute atomic E-state index is 12.3. The molecule has 17 heavy (non-hydrogen) atoms. The minimum Gasteiger partial charge on any atom is -0.497 e. The smallest absolute Gasteiger partial charge is 0.206 e. The molecule has 0 aliphatic heterocycles. The maximum atomic E-state index is 12.3. The van der Waals surface area contributed by atoms with E-state index in [4.69, 9.17) is 4.74 Å². The Balaban J connectivity index is 2.41. The van der Waals surface area contributed by atoms with Crippen LogP contribution in [-0.4, -0.2) is 15.5 Å². The second kappa shape index (κ2) is 4.37. The second-order valence-electron chi connectivity index (χ2n) is 3.89. The van der Waals surface area contributed by atoms with Crippen molar-refractivity contribution in [2.45, 2.75) is 17.7 Å². The summed E-state index contributed by atoms with van der Waals surface area (Å²) < 4.78 is 29.6. The first-order valence-electron chi connectivity index (χ1n) is 5.33. The molecular formula is C13H14O3S. The standard InChI is InChI=1S/C13H14O3S/c1-10-4-3-5-13(10)17(14,15)12-8-6-11(16-2)7-9-12/h5-9H,1,3-4H2,2H3. The van der Waals surface area contributed by atoms with Gasteiger partial charge in [0.25, 0.3) is 0 Å². The zero-order valence-electron chi connectivity index (χ0n) is 9.64. The fraction of sp³-hybridized carbons (Fsp3) is 0.231. The molecule has 0 amide bonds. The molecule has 0 atom stereocenters. The number of ether oxygens (including phenoxy) is 1. The molecule has 0 spiro atoms. The minimum absolute atomic E-state index is 0.285. The summed E-state index contributed by atoms with van der Waals surface area (Å²) in [6.07, 6.45) is 3.22. The highest BCUT2D eigenvalue weighted by Gasteiger charge is 2.25. The van der Waals surface area contributed by atoms with E-state index >= 15 is 0 Å². The Morgan fingerprint density at radius 1 is 1.24 bits per heavy atom. The van der Waals surface area contributed by atoms with Crippen LogP contribution in [0.3, 0.4) is 0 Å². The van der Waals surface area contributed by atoms with E-state index in [1.54, 1.807) is 37.5 Å². The number of hydrogen-bond acceptors (Lipinski definition) is 3. The summed E-state index contributed by atoms with van der Waals surface area (Å²) in [7, 11) is -1.86. The molecule has 3 nitrogen and oxygen atoms in total. The zero-order valence-corrected chi connectivity index (χ0v) is 10.5. The first kappa shape index (κ1) is 11.9. The van der Waals surface area contributed by atoms with Gasteiger partial charge in [-0.25, -0.2) is 8.42 Å². The third-order valence-corrected chi connectivity index (χ3v) is 4.71. The van der Waals surface area contributed by atoms with Gasteiger partial charge in [-0.05, 0) is 42.7 Å². The van der Waals surface area contributed by atoms with Gasteiger partial charge in [0.15, 0.2) is 0 Å². The van der Waals surface area contributed by atoms with Gasteiger partial charge in [0.05, 0.1) is 16.9 Å². The van der Waals surface area contributed by atoms with Gasteiger partial charge in [-0.1, -0.05) is 12.7 Å². The Bertz CT molecular complexity index is 565. The highest BCUT2D eigenvalue weighted by atomic mass is 32.2. The molecule has 1 aromatic rings. The summed E-state index contributed by atoms with van der Waals surface area (Å²) in [4.78, 5) is 0.648. The fourth-order valence-electron chi connectivity index (χ4n) is 1.83. The van der Waals surface area contributed by atoms with Gasteiger partial charge in [0.1, 0.15) is 5.75 Å². The summed E-state index contributed by atoms with van der Waals surface area (Å²) in [5, 5.41) is 0. The number of hydrogen-bond donors (Lipinski definition) is 0. The molecule has 2 rings (SSSR count). The molecule has 0 fully saturated rings. The Morgan fingerprint density at radius 3 is 2.35 bits per heavy atom. The van der Waals surface area contributed by atoms with Gasteiger partial charge in [0.2, 0.25) is 9.84 Å². The largest absolute Gasteiger partial charge is 0.497 e. The van der Waals surface area contributed by atoms with Crippen molar-refractivity contribution >= 4 is 9.84 Å². The number of rotatable bonds is 3. The Morgan fingerprint density at radius 2 is 1.88 bits per heavy atom. The van der Waals surface area contributed by atoms with Crippen LogP contribution < -0.4 is 4.74 Å². The van der Waals surface area contributed by atoms with E-state index in [1.165, 1.54) is 0 Å². The summed E-state index contributed by atoms with van der Waals surface area (Å²) in [5.74, 6) is 0.642. The second-order valence-corrected chi connectivity index (χ2v) is 5.81. The van der Waals surface area contributed by atoms with E-state index < -0.39 is 9.84 Å². The van der Waals surface area contributed by atoms with Crippen LogP contribution in [-0.2, 0) is 9.84 Å². The lowest BCUT2D eigenvalue weighted by atomic mass is 10.3. The van der Waals surface area contributed by atoms with Gasteiger partial charge in [-0.15, -0.1) is 0 Å². The number of sulfone groups is 1. The van der Waals surface area contributed by atoms with E-state index in [1.807, 2.05) is 0 Å². The Kier molecular flexibility index (Phi) is 3.07. The third-order valence-electron chi connectivity index (χ3n) is 2.78. The first-order valence-corrected chi connectivity index (χ1v) is 6.81. The van der Waals surface area contributed by atoms with Crippen molar-refractivity contribution in [3.63, 3.8) is 0 Å². The number of benzene rings is 1. The van der Waals surface area contributed by atoms with Crippen LogP contribution in [0.15, 0.2) is 52.3 Å². The molecule has 1 aliphatic rings. The van der Waals surface area contributed by atoms with Gasteiger partial charge in [-0.2, -0.15) is 0 Å². The Hall–Kier alpha value is -1.55. The molecule has 1 aromatic carbocycles. The SMILES string of the molecule is C=C1CCC=C1S(=O)(=O)c1ccc(OC)cc1. The monoisotopic (exact) mass is 250 g/mol. The predicted molar refractivity (Wildman–Crippen MR) is 66.6 cm³/mol. The third kappa shape index (κ3) is 2.13. The number of methoxy groups -OCH3 is 1. The molecule has 0 N–H and O–H groups in total. The summed E-state index contributed by atoms with van der Waals surface area (Å²) in [5.41, 5.74) is 0.695. The van der Waals surface area contributed by atoms with E-state index in [2.05, 4.69) is 6.58 Å². The van der Waals surface area contributed by atoms with Crippen molar-refractivity contribution in [3.8, 4) is 5.75 Å². The molecule has 4 heteroatoms. The molecular weight excluding hydrogens is 236 g/mol. The molecule has 0 aromatic heterocycles. The van der Waals surface area contributed by atoms with E-state index in [9.17, 15) is 8.42 Å². The van der Waals surface area contributed by atoms with Gasteiger partial charge < -0.3 is 4.74 Å². The van der Waals surface area contributed by atoms with Crippen molar-refractivity contribution in [1.82, 2.24) is 0 Å². The van der Waals surface area contributed by atoms with Crippen molar-refractivity contribution in [2.24, 2.45) is 0 Å². The quantitative estimate of drug-likeness (QED) is 0.828. The highest BCUT2D eigenvalue weighted by molar-refractivity contribution is 7.95. The molecule has 0 bridgehead atoms. The Labute approximate surface area is 101 Å². The summed E-state index contributed by atoms with van der Waals surface area (Å²) in [6.45, 7) is 3.79. The van der Waals surface area contributed by atoms with Crippen LogP contribution in [0.5, 0.6) is 5.75 Å². The lowest BCUT2D eigenvalue weighted by molar-refractivity contribution is 0.414. The van der Waals surface area contributed by atoms with Crippen LogP contribution in [0.1, 0.15) is 12.8 Å². The van der Waals surface area contributed by atoms with Crippen LogP contribution >= 0.6 is 0 Å². The van der Waals surface area contributed by atoms with Crippen LogP contribution in [0.4, 0.5) is 0 Å². The molecule has 0 unspecified atom stereocenters. The summed E-state index contributed by atoms with van der Waals surface area (Å²) >= 11 is 0. The zero-order chi connectivity index (χ0) is 12.5. The minimum atomic E-state index is -3.41. The molecule has 0 heterocycles. The van der Waals surface area contributed by atoms with Crippen LogP contribution in [0.25, 0.3) is 0 Å². The van der Waals surface area contributed by atoms with Gasteiger partial charge in [0, 0.05) is 0 Å². The van der Waals surface area contributed by atoms with Crippen molar-refractivity contribution in [3.05, 3.63) is 47.4 Å².